The van der Waals surface area contributed by atoms with E-state index in [9.17, 15) is 5.26 Å². The fraction of sp³-hybridized carbons (Fsp3) is 0.500. The Bertz CT molecular complexity index is 483. The average molecular weight is 265 g/mol. The Morgan fingerprint density at radius 2 is 2.28 bits per heavy atom. The maximum atomic E-state index is 9.19. The van der Waals surface area contributed by atoms with Crippen LogP contribution < -0.4 is 4.90 Å². The maximum absolute atomic E-state index is 9.19. The van der Waals surface area contributed by atoms with E-state index in [0.717, 1.165) is 31.6 Å². The van der Waals surface area contributed by atoms with Gasteiger partial charge >= 0.3 is 0 Å². The van der Waals surface area contributed by atoms with Crippen molar-refractivity contribution in [3.8, 4) is 6.07 Å². The smallest absolute Gasteiger partial charge is 0.101 e. The standard InChI is InChI=1S/C14H17ClN2O/c1-14(18-2)6-3-7-17(10-14)13-5-4-12(15)8-11(13)9-16/h4-5,8H,3,6-7,10H2,1-2H3. The molecule has 1 saturated heterocycles. The lowest BCUT2D eigenvalue weighted by Crippen LogP contribution is -2.47. The Kier molecular flexibility index (Phi) is 3.79. The van der Waals surface area contributed by atoms with E-state index >= 15 is 0 Å². The van der Waals surface area contributed by atoms with E-state index in [0.29, 0.717) is 10.6 Å². The number of ether oxygens (including phenoxy) is 1. The number of hydrogen-bond donors (Lipinski definition) is 0. The monoisotopic (exact) mass is 264 g/mol. The molecule has 2 rings (SSSR count). The van der Waals surface area contributed by atoms with Crippen molar-refractivity contribution in [3.63, 3.8) is 0 Å². The second-order valence-electron chi connectivity index (χ2n) is 4.95. The van der Waals surface area contributed by atoms with Crippen molar-refractivity contribution in [2.75, 3.05) is 25.1 Å². The Hall–Kier alpha value is -1.24. The van der Waals surface area contributed by atoms with Crippen molar-refractivity contribution < 1.29 is 4.74 Å². The quantitative estimate of drug-likeness (QED) is 0.823. The van der Waals surface area contributed by atoms with Gasteiger partial charge in [-0.25, -0.2) is 0 Å². The molecule has 0 spiro atoms. The minimum absolute atomic E-state index is 0.134. The SMILES string of the molecule is COC1(C)CCCN(c2ccc(Cl)cc2C#N)C1. The highest BCUT2D eigenvalue weighted by Crippen LogP contribution is 2.31. The van der Waals surface area contributed by atoms with E-state index in [1.165, 1.54) is 0 Å². The lowest BCUT2D eigenvalue weighted by molar-refractivity contribution is -0.00466. The highest BCUT2D eigenvalue weighted by atomic mass is 35.5. The van der Waals surface area contributed by atoms with E-state index in [4.69, 9.17) is 16.3 Å². The zero-order valence-corrected chi connectivity index (χ0v) is 11.5. The molecule has 1 aromatic rings. The van der Waals surface area contributed by atoms with Crippen LogP contribution in [-0.4, -0.2) is 25.8 Å². The highest BCUT2D eigenvalue weighted by molar-refractivity contribution is 6.30. The van der Waals surface area contributed by atoms with E-state index in [1.807, 2.05) is 12.1 Å². The second kappa shape index (κ2) is 5.17. The normalized spacial score (nSPS) is 23.8. The molecule has 0 N–H and O–H groups in total. The molecule has 0 aromatic heterocycles. The summed E-state index contributed by atoms with van der Waals surface area (Å²) in [5.41, 5.74) is 1.44. The van der Waals surface area contributed by atoms with Crippen molar-refractivity contribution in [3.05, 3.63) is 28.8 Å². The lowest BCUT2D eigenvalue weighted by atomic mass is 9.94. The van der Waals surface area contributed by atoms with Gasteiger partial charge in [0.15, 0.2) is 0 Å². The second-order valence-corrected chi connectivity index (χ2v) is 5.39. The number of halogens is 1. The number of piperidine rings is 1. The molecule has 0 saturated carbocycles. The Labute approximate surface area is 113 Å². The summed E-state index contributed by atoms with van der Waals surface area (Å²) in [6.45, 7) is 3.87. The molecule has 1 aromatic carbocycles. The first-order valence-corrected chi connectivity index (χ1v) is 6.45. The molecule has 1 heterocycles. The van der Waals surface area contributed by atoms with Gasteiger partial charge in [-0.1, -0.05) is 11.6 Å². The van der Waals surface area contributed by atoms with Crippen LogP contribution in [0.15, 0.2) is 18.2 Å². The van der Waals surface area contributed by atoms with Crippen molar-refractivity contribution in [1.82, 2.24) is 0 Å². The third-order valence-corrected chi connectivity index (χ3v) is 3.81. The van der Waals surface area contributed by atoms with Crippen LogP contribution in [0.25, 0.3) is 0 Å². The average Bonchev–Trinajstić information content (AvgIpc) is 2.38. The predicted octanol–water partition coefficient (Wildman–Crippen LogP) is 3.22. The predicted molar refractivity (Wildman–Crippen MR) is 73.0 cm³/mol. The first-order valence-electron chi connectivity index (χ1n) is 6.08. The molecule has 1 aliphatic heterocycles. The molecule has 1 unspecified atom stereocenters. The molecule has 1 aliphatic rings. The van der Waals surface area contributed by atoms with Crippen LogP contribution in [0.1, 0.15) is 25.3 Å². The summed E-state index contributed by atoms with van der Waals surface area (Å²) in [5.74, 6) is 0. The van der Waals surface area contributed by atoms with Crippen LogP contribution in [0, 0.1) is 11.3 Å². The number of anilines is 1. The number of rotatable bonds is 2. The van der Waals surface area contributed by atoms with Gasteiger partial charge in [-0.3, -0.25) is 0 Å². The summed E-state index contributed by atoms with van der Waals surface area (Å²) in [7, 11) is 1.75. The van der Waals surface area contributed by atoms with Crippen LogP contribution in [0.5, 0.6) is 0 Å². The summed E-state index contributed by atoms with van der Waals surface area (Å²) in [5, 5.41) is 9.79. The summed E-state index contributed by atoms with van der Waals surface area (Å²) in [6.07, 6.45) is 2.12. The van der Waals surface area contributed by atoms with E-state index in [-0.39, 0.29) is 5.60 Å². The minimum atomic E-state index is -0.134. The molecule has 0 aliphatic carbocycles. The van der Waals surface area contributed by atoms with Crippen molar-refractivity contribution in [2.24, 2.45) is 0 Å². The number of methoxy groups -OCH3 is 1. The van der Waals surface area contributed by atoms with Crippen LogP contribution >= 0.6 is 11.6 Å². The van der Waals surface area contributed by atoms with Crippen LogP contribution in [0.2, 0.25) is 5.02 Å². The van der Waals surface area contributed by atoms with Gasteiger partial charge < -0.3 is 9.64 Å². The zero-order chi connectivity index (χ0) is 13.2. The number of nitrogens with zero attached hydrogens (tertiary/aromatic N) is 2. The lowest BCUT2D eigenvalue weighted by Gasteiger charge is -2.41. The van der Waals surface area contributed by atoms with E-state index < -0.39 is 0 Å². The number of nitriles is 1. The fourth-order valence-corrected chi connectivity index (χ4v) is 2.62. The number of benzene rings is 1. The van der Waals surface area contributed by atoms with Gasteiger partial charge in [0.1, 0.15) is 6.07 Å². The maximum Gasteiger partial charge on any atom is 0.101 e. The molecule has 0 bridgehead atoms. The van der Waals surface area contributed by atoms with Gasteiger partial charge in [-0.05, 0) is 38.0 Å². The molecule has 0 radical (unpaired) electrons. The van der Waals surface area contributed by atoms with Gasteiger partial charge in [0.25, 0.3) is 0 Å². The van der Waals surface area contributed by atoms with Crippen LogP contribution in [0.3, 0.4) is 0 Å². The van der Waals surface area contributed by atoms with Gasteiger partial charge in [0, 0.05) is 25.2 Å². The Morgan fingerprint density at radius 1 is 1.50 bits per heavy atom. The van der Waals surface area contributed by atoms with Crippen molar-refractivity contribution >= 4 is 17.3 Å². The topological polar surface area (TPSA) is 36.3 Å². The summed E-state index contributed by atoms with van der Waals surface area (Å²) in [4.78, 5) is 2.21. The van der Waals surface area contributed by atoms with Crippen LogP contribution in [0.4, 0.5) is 5.69 Å². The summed E-state index contributed by atoms with van der Waals surface area (Å²) in [6, 6.07) is 7.68. The molecular formula is C14H17ClN2O. The van der Waals surface area contributed by atoms with Gasteiger partial charge in [-0.2, -0.15) is 5.26 Å². The first-order chi connectivity index (χ1) is 8.58. The first kappa shape index (κ1) is 13.2. The van der Waals surface area contributed by atoms with E-state index in [2.05, 4.69) is 17.9 Å². The fourth-order valence-electron chi connectivity index (χ4n) is 2.45. The molecule has 18 heavy (non-hydrogen) atoms. The van der Waals surface area contributed by atoms with Crippen LogP contribution in [-0.2, 0) is 4.74 Å². The molecule has 3 nitrogen and oxygen atoms in total. The zero-order valence-electron chi connectivity index (χ0n) is 10.7. The molecule has 0 amide bonds. The van der Waals surface area contributed by atoms with Crippen molar-refractivity contribution in [1.29, 1.82) is 5.26 Å². The molecule has 1 fully saturated rings. The summed E-state index contributed by atoms with van der Waals surface area (Å²) >= 11 is 5.92. The highest BCUT2D eigenvalue weighted by Gasteiger charge is 2.31. The third kappa shape index (κ3) is 2.60. The largest absolute Gasteiger partial charge is 0.377 e. The summed E-state index contributed by atoms with van der Waals surface area (Å²) < 4.78 is 5.58. The molecule has 4 heteroatoms. The van der Waals surface area contributed by atoms with Crippen molar-refractivity contribution in [2.45, 2.75) is 25.4 Å². The Balaban J connectivity index is 2.29. The Morgan fingerprint density at radius 3 is 2.94 bits per heavy atom. The van der Waals surface area contributed by atoms with E-state index in [1.54, 1.807) is 13.2 Å². The molecule has 96 valence electrons. The molecular weight excluding hydrogens is 248 g/mol. The number of hydrogen-bond acceptors (Lipinski definition) is 3. The third-order valence-electron chi connectivity index (χ3n) is 3.57. The van der Waals surface area contributed by atoms with Gasteiger partial charge in [0.2, 0.25) is 0 Å². The van der Waals surface area contributed by atoms with Gasteiger partial charge in [-0.15, -0.1) is 0 Å². The van der Waals surface area contributed by atoms with Gasteiger partial charge in [0.05, 0.1) is 16.9 Å². The molecule has 1 atom stereocenters. The minimum Gasteiger partial charge on any atom is -0.377 e.